The Bertz CT molecular complexity index is 605. The van der Waals surface area contributed by atoms with E-state index < -0.39 is 11.7 Å². The summed E-state index contributed by atoms with van der Waals surface area (Å²) in [5.41, 5.74) is -0.277. The Morgan fingerprint density at radius 3 is 2.95 bits per heavy atom. The number of thiazole rings is 1. The summed E-state index contributed by atoms with van der Waals surface area (Å²) < 4.78 is 43.9. The van der Waals surface area contributed by atoms with Crippen LogP contribution in [0.3, 0.4) is 0 Å². The summed E-state index contributed by atoms with van der Waals surface area (Å²) >= 11 is 1.37. The zero-order valence-electron chi connectivity index (χ0n) is 10.5. The molecule has 3 rings (SSSR count). The van der Waals surface area contributed by atoms with E-state index in [0.717, 1.165) is 43.0 Å². The van der Waals surface area contributed by atoms with Crippen molar-refractivity contribution in [3.63, 3.8) is 0 Å². The fourth-order valence-corrected chi connectivity index (χ4v) is 3.01. The van der Waals surface area contributed by atoms with Gasteiger partial charge in [-0.05, 0) is 24.6 Å². The lowest BCUT2D eigenvalue weighted by atomic mass is 10.1. The number of ether oxygens (including phenoxy) is 1. The predicted molar refractivity (Wildman–Crippen MR) is 72.0 cm³/mol. The molecule has 2 aromatic rings. The third kappa shape index (κ3) is 2.88. The minimum Gasteiger partial charge on any atom is -0.381 e. The summed E-state index contributed by atoms with van der Waals surface area (Å²) in [5, 5.41) is 3.84. The number of halogens is 3. The fourth-order valence-electron chi connectivity index (χ4n) is 2.16. The molecule has 3 nitrogen and oxygen atoms in total. The van der Waals surface area contributed by atoms with Gasteiger partial charge in [-0.2, -0.15) is 13.2 Å². The van der Waals surface area contributed by atoms with Crippen molar-refractivity contribution in [3.8, 4) is 0 Å². The summed E-state index contributed by atoms with van der Waals surface area (Å²) in [7, 11) is 0. The molecule has 1 aliphatic heterocycles. The Morgan fingerprint density at radius 1 is 1.40 bits per heavy atom. The normalized spacial score (nSPS) is 19.6. The van der Waals surface area contributed by atoms with Gasteiger partial charge in [0.25, 0.3) is 0 Å². The van der Waals surface area contributed by atoms with E-state index in [4.69, 9.17) is 4.74 Å². The summed E-state index contributed by atoms with van der Waals surface area (Å²) in [4.78, 5) is 4.21. The van der Waals surface area contributed by atoms with Gasteiger partial charge < -0.3 is 10.1 Å². The Morgan fingerprint density at radius 2 is 2.25 bits per heavy atom. The van der Waals surface area contributed by atoms with Crippen LogP contribution in [-0.4, -0.2) is 24.7 Å². The summed E-state index contributed by atoms with van der Waals surface area (Å²) in [6.45, 7) is 2.25. The van der Waals surface area contributed by atoms with Gasteiger partial charge in [0.15, 0.2) is 5.13 Å². The molecule has 20 heavy (non-hydrogen) atoms. The number of alkyl halides is 3. The number of nitrogens with one attached hydrogen (secondary N) is 1. The highest BCUT2D eigenvalue weighted by molar-refractivity contribution is 7.22. The van der Waals surface area contributed by atoms with Gasteiger partial charge in [0.2, 0.25) is 0 Å². The van der Waals surface area contributed by atoms with E-state index in [0.29, 0.717) is 16.6 Å². The van der Waals surface area contributed by atoms with Gasteiger partial charge in [0.1, 0.15) is 0 Å². The molecule has 1 aliphatic rings. The zero-order valence-corrected chi connectivity index (χ0v) is 11.4. The van der Waals surface area contributed by atoms with Gasteiger partial charge in [-0.15, -0.1) is 0 Å². The molecule has 1 aromatic carbocycles. The second-order valence-electron chi connectivity index (χ2n) is 4.81. The third-order valence-electron chi connectivity index (χ3n) is 3.28. The molecule has 1 saturated heterocycles. The molecule has 2 heterocycles. The van der Waals surface area contributed by atoms with Gasteiger partial charge in [-0.1, -0.05) is 11.3 Å². The second-order valence-corrected chi connectivity index (χ2v) is 5.84. The first-order chi connectivity index (χ1) is 9.52. The molecule has 1 atom stereocenters. The maximum Gasteiger partial charge on any atom is 0.416 e. The van der Waals surface area contributed by atoms with Crippen LogP contribution >= 0.6 is 11.3 Å². The summed E-state index contributed by atoms with van der Waals surface area (Å²) in [6.07, 6.45) is -3.32. The molecule has 108 valence electrons. The largest absolute Gasteiger partial charge is 0.416 e. The monoisotopic (exact) mass is 302 g/mol. The molecule has 0 bridgehead atoms. The van der Waals surface area contributed by atoms with Crippen LogP contribution < -0.4 is 5.32 Å². The van der Waals surface area contributed by atoms with Crippen molar-refractivity contribution >= 4 is 26.7 Å². The molecule has 0 radical (unpaired) electrons. The molecule has 1 unspecified atom stereocenters. The fraction of sp³-hybridized carbons (Fsp3) is 0.462. The van der Waals surface area contributed by atoms with Crippen LogP contribution in [0.4, 0.5) is 18.3 Å². The standard InChI is InChI=1S/C13H13F3N2OS/c14-13(15,16)9-1-2-11-10(5-9)18-12(20-11)17-6-8-3-4-19-7-8/h1-2,5,8H,3-4,6-7H2,(H,17,18). The molecule has 7 heteroatoms. The van der Waals surface area contributed by atoms with Gasteiger partial charge in [0.05, 0.1) is 22.4 Å². The molecule has 1 aromatic heterocycles. The Balaban J connectivity index is 1.76. The number of aromatic nitrogens is 1. The van der Waals surface area contributed by atoms with Crippen LogP contribution in [-0.2, 0) is 10.9 Å². The lowest BCUT2D eigenvalue weighted by molar-refractivity contribution is -0.137. The van der Waals surface area contributed by atoms with Crippen molar-refractivity contribution in [3.05, 3.63) is 23.8 Å². The molecule has 0 amide bonds. The number of nitrogens with zero attached hydrogens (tertiary/aromatic N) is 1. The van der Waals surface area contributed by atoms with Gasteiger partial charge in [-0.25, -0.2) is 4.98 Å². The number of benzene rings is 1. The minimum absolute atomic E-state index is 0.384. The number of fused-ring (bicyclic) bond motifs is 1. The highest BCUT2D eigenvalue weighted by atomic mass is 32.1. The van der Waals surface area contributed by atoms with E-state index in [-0.39, 0.29) is 0 Å². The van der Waals surface area contributed by atoms with Crippen molar-refractivity contribution in [2.24, 2.45) is 5.92 Å². The van der Waals surface area contributed by atoms with E-state index in [1.54, 1.807) is 0 Å². The molecular weight excluding hydrogens is 289 g/mol. The smallest absolute Gasteiger partial charge is 0.381 e. The van der Waals surface area contributed by atoms with Crippen LogP contribution in [0.25, 0.3) is 10.2 Å². The first-order valence-electron chi connectivity index (χ1n) is 6.32. The highest BCUT2D eigenvalue weighted by Crippen LogP contribution is 2.34. The number of anilines is 1. The number of rotatable bonds is 3. The van der Waals surface area contributed by atoms with Crippen LogP contribution in [0.15, 0.2) is 18.2 Å². The topological polar surface area (TPSA) is 34.1 Å². The van der Waals surface area contributed by atoms with Crippen LogP contribution in [0, 0.1) is 5.92 Å². The minimum atomic E-state index is -4.33. The van der Waals surface area contributed by atoms with Crippen LogP contribution in [0.2, 0.25) is 0 Å². The van der Waals surface area contributed by atoms with E-state index in [1.807, 2.05) is 0 Å². The van der Waals surface area contributed by atoms with E-state index in [2.05, 4.69) is 10.3 Å². The van der Waals surface area contributed by atoms with Crippen LogP contribution in [0.1, 0.15) is 12.0 Å². The zero-order chi connectivity index (χ0) is 14.2. The summed E-state index contributed by atoms with van der Waals surface area (Å²) in [6, 6.07) is 3.66. The lowest BCUT2D eigenvalue weighted by Gasteiger charge is -2.07. The average molecular weight is 302 g/mol. The van der Waals surface area contributed by atoms with E-state index in [1.165, 1.54) is 17.4 Å². The maximum absolute atomic E-state index is 12.6. The molecule has 0 spiro atoms. The van der Waals surface area contributed by atoms with Crippen molar-refractivity contribution in [1.29, 1.82) is 0 Å². The third-order valence-corrected chi connectivity index (χ3v) is 4.27. The van der Waals surface area contributed by atoms with E-state index >= 15 is 0 Å². The average Bonchev–Trinajstić information content (AvgIpc) is 3.03. The summed E-state index contributed by atoms with van der Waals surface area (Å²) in [5.74, 6) is 0.452. The maximum atomic E-state index is 12.6. The van der Waals surface area contributed by atoms with Gasteiger partial charge >= 0.3 is 6.18 Å². The predicted octanol–water partition coefficient (Wildman–Crippen LogP) is 3.76. The van der Waals surface area contributed by atoms with Crippen molar-refractivity contribution in [1.82, 2.24) is 4.98 Å². The Kier molecular flexibility index (Phi) is 3.55. The molecule has 1 fully saturated rings. The quantitative estimate of drug-likeness (QED) is 0.937. The Labute approximate surface area is 117 Å². The second kappa shape index (κ2) is 5.21. The Hall–Kier alpha value is -1.34. The molecule has 1 N–H and O–H groups in total. The van der Waals surface area contributed by atoms with Crippen molar-refractivity contribution in [2.45, 2.75) is 12.6 Å². The van der Waals surface area contributed by atoms with Crippen LogP contribution in [0.5, 0.6) is 0 Å². The van der Waals surface area contributed by atoms with Gasteiger partial charge in [-0.3, -0.25) is 0 Å². The first-order valence-corrected chi connectivity index (χ1v) is 7.13. The first kappa shape index (κ1) is 13.6. The molecular formula is C13H13F3N2OS. The van der Waals surface area contributed by atoms with Crippen molar-refractivity contribution in [2.75, 3.05) is 25.1 Å². The SMILES string of the molecule is FC(F)(F)c1ccc2sc(NCC3CCOC3)nc2c1. The van der Waals surface area contributed by atoms with Gasteiger partial charge in [0, 0.05) is 19.1 Å². The lowest BCUT2D eigenvalue weighted by Crippen LogP contribution is -2.13. The molecule has 0 saturated carbocycles. The number of hydrogen-bond donors (Lipinski definition) is 1. The van der Waals surface area contributed by atoms with Crippen molar-refractivity contribution < 1.29 is 17.9 Å². The highest BCUT2D eigenvalue weighted by Gasteiger charge is 2.30. The molecule has 0 aliphatic carbocycles. The van der Waals surface area contributed by atoms with E-state index in [9.17, 15) is 13.2 Å². The number of hydrogen-bond acceptors (Lipinski definition) is 4.